The van der Waals surface area contributed by atoms with Crippen LogP contribution in [0.1, 0.15) is 21.5 Å². The average molecular weight is 420 g/mol. The molecule has 0 saturated carbocycles. The maximum atomic E-state index is 12.5. The number of methoxy groups -OCH3 is 1. The molecule has 0 unspecified atom stereocenters. The molecule has 0 N–H and O–H groups in total. The van der Waals surface area contributed by atoms with Gasteiger partial charge in [0.2, 0.25) is 0 Å². The normalized spacial score (nSPS) is 10.7. The van der Waals surface area contributed by atoms with Crippen LogP contribution in [-0.2, 0) is 10.1 Å². The van der Waals surface area contributed by atoms with Gasteiger partial charge in [-0.25, -0.2) is 8.42 Å². The van der Waals surface area contributed by atoms with Gasteiger partial charge >= 0.3 is 29.6 Å². The molecule has 0 radical (unpaired) electrons. The largest absolute Gasteiger partial charge is 1.00 e. The van der Waals surface area contributed by atoms with E-state index in [9.17, 15) is 17.8 Å². The van der Waals surface area contributed by atoms with E-state index in [1.54, 1.807) is 56.5 Å². The fraction of sp³-hybridized carbons (Fsp3) is 0.0952. The van der Waals surface area contributed by atoms with Crippen LogP contribution in [0, 0.1) is 6.92 Å². The predicted molar refractivity (Wildman–Crippen MR) is 102 cm³/mol. The minimum absolute atomic E-state index is 0. The van der Waals surface area contributed by atoms with E-state index in [1.165, 1.54) is 24.3 Å². The molecule has 0 amide bonds. The Hall–Kier alpha value is -2.16. The van der Waals surface area contributed by atoms with E-state index in [0.29, 0.717) is 28.2 Å². The summed E-state index contributed by atoms with van der Waals surface area (Å²) in [7, 11) is -3.13. The fourth-order valence-electron chi connectivity index (χ4n) is 2.61. The van der Waals surface area contributed by atoms with Gasteiger partial charge in [0, 0.05) is 11.1 Å². The summed E-state index contributed by atoms with van der Waals surface area (Å²) in [6.07, 6.45) is 0. The van der Waals surface area contributed by atoms with Crippen molar-refractivity contribution < 1.29 is 56.8 Å². The Labute approximate surface area is 191 Å². The third kappa shape index (κ3) is 5.68. The molecular weight excluding hydrogens is 403 g/mol. The van der Waals surface area contributed by atoms with Crippen LogP contribution >= 0.6 is 0 Å². The van der Waals surface area contributed by atoms with E-state index >= 15 is 0 Å². The molecule has 0 aliphatic rings. The first-order chi connectivity index (χ1) is 13.3. The first-order valence-electron chi connectivity index (χ1n) is 8.31. The van der Waals surface area contributed by atoms with Gasteiger partial charge in [0.1, 0.15) is 27.4 Å². The van der Waals surface area contributed by atoms with E-state index in [-0.39, 0.29) is 41.1 Å². The molecule has 0 aliphatic heterocycles. The minimum Gasteiger partial charge on any atom is -0.744 e. The number of benzene rings is 3. The Bertz CT molecular complexity index is 1110. The molecule has 3 aromatic rings. The molecule has 8 heteroatoms. The second-order valence-electron chi connectivity index (χ2n) is 6.09. The van der Waals surface area contributed by atoms with Gasteiger partial charge in [0.05, 0.1) is 12.0 Å². The third-order valence-electron chi connectivity index (χ3n) is 4.07. The van der Waals surface area contributed by atoms with Crippen LogP contribution in [0.5, 0.6) is 17.2 Å². The first-order valence-corrected chi connectivity index (χ1v) is 9.72. The van der Waals surface area contributed by atoms with E-state index in [4.69, 9.17) is 9.47 Å². The molecule has 0 bridgehead atoms. The quantitative estimate of drug-likeness (QED) is 0.335. The van der Waals surface area contributed by atoms with Crippen LogP contribution in [-0.4, -0.2) is 25.9 Å². The Morgan fingerprint density at radius 2 is 1.38 bits per heavy atom. The number of ether oxygens (including phenoxy) is 2. The van der Waals surface area contributed by atoms with Gasteiger partial charge < -0.3 is 14.0 Å². The van der Waals surface area contributed by atoms with Gasteiger partial charge in [-0.3, -0.25) is 4.79 Å². The van der Waals surface area contributed by atoms with Gasteiger partial charge in [0.15, 0.2) is 5.78 Å². The van der Waals surface area contributed by atoms with Crippen molar-refractivity contribution in [2.75, 3.05) is 7.11 Å². The molecule has 0 aliphatic carbocycles. The summed E-state index contributed by atoms with van der Waals surface area (Å²) in [4.78, 5) is 12.1. The summed E-state index contributed by atoms with van der Waals surface area (Å²) >= 11 is 0. The Morgan fingerprint density at radius 3 is 1.86 bits per heavy atom. The monoisotopic (exact) mass is 420 g/mol. The molecule has 3 aromatic carbocycles. The smallest absolute Gasteiger partial charge is 0.744 e. The van der Waals surface area contributed by atoms with Gasteiger partial charge in [-0.2, -0.15) is 0 Å². The number of rotatable bonds is 6. The Morgan fingerprint density at radius 1 is 0.862 bits per heavy atom. The summed E-state index contributed by atoms with van der Waals surface area (Å²) in [5, 5.41) is 0. The van der Waals surface area contributed by atoms with Gasteiger partial charge in [-0.15, -0.1) is 0 Å². The van der Waals surface area contributed by atoms with Crippen molar-refractivity contribution >= 4 is 15.9 Å². The van der Waals surface area contributed by atoms with Crippen molar-refractivity contribution in [3.8, 4) is 17.2 Å². The second-order valence-corrected chi connectivity index (χ2v) is 7.44. The van der Waals surface area contributed by atoms with Crippen molar-refractivity contribution in [1.29, 1.82) is 0 Å². The Kier molecular flexibility index (Phi) is 7.62. The molecule has 6 nitrogen and oxygen atoms in total. The summed E-state index contributed by atoms with van der Waals surface area (Å²) in [5.74, 6) is 0.727. The number of carbonyl (C=O) groups is 1. The maximum Gasteiger partial charge on any atom is 1.00 e. The van der Waals surface area contributed by atoms with Crippen molar-refractivity contribution in [2.45, 2.75) is 11.8 Å². The van der Waals surface area contributed by atoms with Crippen LogP contribution in [0.2, 0.25) is 0 Å². The summed E-state index contributed by atoms with van der Waals surface area (Å²) < 4.78 is 45.0. The number of hydrogen-bond acceptors (Lipinski definition) is 6. The topological polar surface area (TPSA) is 92.7 Å². The molecule has 0 heterocycles. The fourth-order valence-corrected chi connectivity index (χ4v) is 3.29. The molecule has 29 heavy (non-hydrogen) atoms. The van der Waals surface area contributed by atoms with E-state index in [0.717, 1.165) is 0 Å². The molecule has 3 rings (SSSR count). The van der Waals surface area contributed by atoms with Crippen LogP contribution in [0.15, 0.2) is 71.6 Å². The molecule has 0 fully saturated rings. The summed E-state index contributed by atoms with van der Waals surface area (Å²) in [5.41, 5.74) is 1.58. The van der Waals surface area contributed by atoms with Crippen molar-refractivity contribution in [2.24, 2.45) is 0 Å². The predicted octanol–water partition coefficient (Wildman–Crippen LogP) is 0.935. The van der Waals surface area contributed by atoms with Crippen LogP contribution in [0.3, 0.4) is 0 Å². The van der Waals surface area contributed by atoms with Gasteiger partial charge in [-0.05, 0) is 73.2 Å². The number of aryl methyl sites for hydroxylation is 1. The first kappa shape index (κ1) is 23.1. The number of hydrogen-bond donors (Lipinski definition) is 0. The van der Waals surface area contributed by atoms with Crippen molar-refractivity contribution in [1.82, 2.24) is 0 Å². The zero-order chi connectivity index (χ0) is 20.3. The van der Waals surface area contributed by atoms with Crippen LogP contribution in [0.25, 0.3) is 0 Å². The number of ketones is 1. The molecule has 0 spiro atoms. The molecule has 144 valence electrons. The van der Waals surface area contributed by atoms with Crippen LogP contribution < -0.4 is 39.0 Å². The average Bonchev–Trinajstić information content (AvgIpc) is 2.68. The minimum atomic E-state index is -4.68. The molecule has 0 saturated heterocycles. The van der Waals surface area contributed by atoms with Crippen LogP contribution in [0.4, 0.5) is 0 Å². The zero-order valence-electron chi connectivity index (χ0n) is 16.2. The van der Waals surface area contributed by atoms with Gasteiger partial charge in [-0.1, -0.05) is 6.07 Å². The second kappa shape index (κ2) is 9.56. The standard InChI is InChI=1S/C21H18O6S.Na/c1-14-3-12-19(20(13-14)28(23,24)25)27-18-10-6-16(7-11-18)21(22)15-4-8-17(26-2)9-5-15;/h3-13H,1-2H3,(H,23,24,25);/q;+1/p-1. The summed E-state index contributed by atoms with van der Waals surface area (Å²) in [6.45, 7) is 1.68. The van der Waals surface area contributed by atoms with E-state index in [1.807, 2.05) is 0 Å². The molecule has 0 aromatic heterocycles. The zero-order valence-corrected chi connectivity index (χ0v) is 19.0. The summed E-state index contributed by atoms with van der Waals surface area (Å²) in [6, 6.07) is 17.3. The van der Waals surface area contributed by atoms with Crippen molar-refractivity contribution in [3.63, 3.8) is 0 Å². The molecular formula is C21H17NaO6S. The van der Waals surface area contributed by atoms with E-state index in [2.05, 4.69) is 0 Å². The maximum absolute atomic E-state index is 12.5. The number of carbonyl (C=O) groups excluding carboxylic acids is 1. The SMILES string of the molecule is COc1ccc(C(=O)c2ccc(Oc3ccc(C)cc3S(=O)(=O)[O-])cc2)cc1.[Na+]. The third-order valence-corrected chi connectivity index (χ3v) is 4.92. The van der Waals surface area contributed by atoms with Crippen molar-refractivity contribution in [3.05, 3.63) is 83.4 Å². The Balaban J connectivity index is 0.00000300. The molecule has 0 atom stereocenters. The van der Waals surface area contributed by atoms with E-state index < -0.39 is 15.0 Å². The van der Waals surface area contributed by atoms with Gasteiger partial charge in [0.25, 0.3) is 0 Å².